The molecule has 0 N–H and O–H groups in total. The molecule has 0 unspecified atom stereocenters. The Kier molecular flexibility index (Phi) is 3.15. The predicted molar refractivity (Wildman–Crippen MR) is 82.0 cm³/mol. The second-order valence-corrected chi connectivity index (χ2v) is 8.23. The van der Waals surface area contributed by atoms with Crippen LogP contribution in [0.4, 0.5) is 4.39 Å². The number of hydrogen-bond acceptors (Lipinski definition) is 2. The minimum absolute atomic E-state index is 0.0483. The number of carbonyl (C=O) groups excluding carboxylic acids is 2. The van der Waals surface area contributed by atoms with Crippen LogP contribution in [0.2, 0.25) is 0 Å². The lowest BCUT2D eigenvalue weighted by atomic mass is 9.48. The Morgan fingerprint density at radius 1 is 1.14 bits per heavy atom. The molecule has 0 aliphatic heterocycles. The normalized spacial score (nSPS) is 47.5. The number of allylic oxidation sites excluding steroid dienone is 2. The topological polar surface area (TPSA) is 34.1 Å². The van der Waals surface area contributed by atoms with E-state index < -0.39 is 12.1 Å². The molecule has 0 amide bonds. The molecule has 0 heterocycles. The van der Waals surface area contributed by atoms with E-state index in [0.29, 0.717) is 18.8 Å². The van der Waals surface area contributed by atoms with Crippen LogP contribution in [0.15, 0.2) is 11.6 Å². The molecule has 3 fully saturated rings. The highest BCUT2D eigenvalue weighted by Crippen LogP contribution is 2.63. The van der Waals surface area contributed by atoms with Crippen molar-refractivity contribution >= 4 is 11.6 Å². The summed E-state index contributed by atoms with van der Waals surface area (Å²) in [6.45, 7) is 1.75. The highest BCUT2D eigenvalue weighted by molar-refractivity contribution is 5.96. The van der Waals surface area contributed by atoms with E-state index in [0.717, 1.165) is 25.7 Å². The third-order valence-electron chi connectivity index (χ3n) is 7.54. The highest BCUT2D eigenvalue weighted by Gasteiger charge is 2.62. The second kappa shape index (κ2) is 4.75. The Bertz CT molecular complexity index is 566. The van der Waals surface area contributed by atoms with Crippen LogP contribution in [-0.4, -0.2) is 18.2 Å². The van der Waals surface area contributed by atoms with Crippen LogP contribution in [-0.2, 0) is 9.59 Å². The molecule has 22 heavy (non-hydrogen) atoms. The summed E-state index contributed by atoms with van der Waals surface area (Å²) in [7, 11) is 0. The van der Waals surface area contributed by atoms with Gasteiger partial charge in [-0.2, -0.15) is 0 Å². The molecule has 0 aromatic heterocycles. The Morgan fingerprint density at radius 2 is 1.95 bits per heavy atom. The van der Waals surface area contributed by atoms with Crippen molar-refractivity contribution in [2.45, 2.75) is 58.3 Å². The van der Waals surface area contributed by atoms with Gasteiger partial charge >= 0.3 is 0 Å². The van der Waals surface area contributed by atoms with Crippen molar-refractivity contribution in [2.24, 2.45) is 28.6 Å². The number of Topliss-reactive ketones (excluding diaryl/α,β-unsaturated/α-hetero) is 1. The van der Waals surface area contributed by atoms with E-state index in [-0.39, 0.29) is 28.8 Å². The fourth-order valence-corrected chi connectivity index (χ4v) is 6.27. The SMILES string of the molecule is C[C@]12CCCCC1=CC(=O)[C@H]1[C@@H]3CCC(=O)[C@@]3(CF)CC[C@@H]12. The Labute approximate surface area is 131 Å². The molecule has 0 radical (unpaired) electrons. The zero-order valence-corrected chi connectivity index (χ0v) is 13.4. The van der Waals surface area contributed by atoms with Gasteiger partial charge in [0, 0.05) is 12.3 Å². The summed E-state index contributed by atoms with van der Waals surface area (Å²) in [6, 6.07) is 0. The standard InChI is InChI=1S/C19H25FO2/c1-18-8-3-2-4-12(18)10-15(21)17-13(18)7-9-19(11-20)14(17)5-6-16(19)22/h10,13-14,17H,2-9,11H2,1H3/t13-,14-,17+,18-,19+/m0/s1. The van der Waals surface area contributed by atoms with Gasteiger partial charge in [0.25, 0.3) is 0 Å². The van der Waals surface area contributed by atoms with Crippen LogP contribution in [0, 0.1) is 28.6 Å². The number of hydrogen-bond donors (Lipinski definition) is 0. The third-order valence-corrected chi connectivity index (χ3v) is 7.54. The zero-order chi connectivity index (χ0) is 15.5. The van der Waals surface area contributed by atoms with Gasteiger partial charge in [0.05, 0.1) is 5.41 Å². The molecule has 4 aliphatic rings. The number of carbonyl (C=O) groups is 2. The third kappa shape index (κ3) is 1.66. The maximum absolute atomic E-state index is 13.8. The first kappa shape index (κ1) is 14.6. The molecular formula is C19H25FO2. The first-order chi connectivity index (χ1) is 10.5. The van der Waals surface area contributed by atoms with Gasteiger partial charge in [-0.05, 0) is 61.9 Å². The number of alkyl halides is 1. The molecule has 2 nitrogen and oxygen atoms in total. The fraction of sp³-hybridized carbons (Fsp3) is 0.789. The number of halogens is 1. The average molecular weight is 304 g/mol. The van der Waals surface area contributed by atoms with Gasteiger partial charge in [-0.3, -0.25) is 9.59 Å². The largest absolute Gasteiger partial charge is 0.299 e. The quantitative estimate of drug-likeness (QED) is 0.733. The van der Waals surface area contributed by atoms with Crippen molar-refractivity contribution in [3.8, 4) is 0 Å². The minimum atomic E-state index is -0.826. The molecule has 5 atom stereocenters. The number of fused-ring (bicyclic) bond motifs is 5. The molecular weight excluding hydrogens is 279 g/mol. The van der Waals surface area contributed by atoms with E-state index in [2.05, 4.69) is 6.92 Å². The summed E-state index contributed by atoms with van der Waals surface area (Å²) >= 11 is 0. The first-order valence-electron chi connectivity index (χ1n) is 8.87. The van der Waals surface area contributed by atoms with Gasteiger partial charge in [0.15, 0.2) is 5.78 Å². The smallest absolute Gasteiger partial charge is 0.159 e. The van der Waals surface area contributed by atoms with Crippen molar-refractivity contribution in [3.05, 3.63) is 11.6 Å². The van der Waals surface area contributed by atoms with Crippen LogP contribution in [0.25, 0.3) is 0 Å². The monoisotopic (exact) mass is 304 g/mol. The summed E-state index contributed by atoms with van der Waals surface area (Å²) in [5.41, 5.74) is 0.625. The van der Waals surface area contributed by atoms with Crippen LogP contribution in [0.3, 0.4) is 0 Å². The molecule has 3 heteroatoms. The summed E-state index contributed by atoms with van der Waals surface area (Å²) < 4.78 is 13.8. The van der Waals surface area contributed by atoms with E-state index in [1.165, 1.54) is 18.4 Å². The van der Waals surface area contributed by atoms with E-state index in [1.54, 1.807) is 0 Å². The maximum Gasteiger partial charge on any atom is 0.159 e. The molecule has 0 aromatic rings. The second-order valence-electron chi connectivity index (χ2n) is 8.23. The maximum atomic E-state index is 13.8. The van der Waals surface area contributed by atoms with Crippen molar-refractivity contribution < 1.29 is 14.0 Å². The number of rotatable bonds is 1. The Hall–Kier alpha value is -0.990. The molecule has 4 rings (SSSR count). The fourth-order valence-electron chi connectivity index (χ4n) is 6.27. The van der Waals surface area contributed by atoms with Crippen LogP contribution in [0.5, 0.6) is 0 Å². The molecule has 0 bridgehead atoms. The van der Waals surface area contributed by atoms with Crippen molar-refractivity contribution in [1.29, 1.82) is 0 Å². The van der Waals surface area contributed by atoms with E-state index in [1.807, 2.05) is 6.08 Å². The van der Waals surface area contributed by atoms with Gasteiger partial charge in [-0.15, -0.1) is 0 Å². The molecule has 120 valence electrons. The van der Waals surface area contributed by atoms with E-state index in [4.69, 9.17) is 0 Å². The van der Waals surface area contributed by atoms with E-state index in [9.17, 15) is 14.0 Å². The van der Waals surface area contributed by atoms with Gasteiger partial charge in [0.2, 0.25) is 0 Å². The van der Waals surface area contributed by atoms with E-state index >= 15 is 0 Å². The molecule has 4 aliphatic carbocycles. The van der Waals surface area contributed by atoms with Gasteiger partial charge in [-0.25, -0.2) is 4.39 Å². The Balaban J connectivity index is 1.78. The van der Waals surface area contributed by atoms with Crippen LogP contribution >= 0.6 is 0 Å². The number of ketones is 2. The molecule has 0 saturated heterocycles. The summed E-state index contributed by atoms with van der Waals surface area (Å²) in [6.07, 6.45) is 9.18. The molecule has 0 spiro atoms. The van der Waals surface area contributed by atoms with Gasteiger partial charge in [-0.1, -0.05) is 18.9 Å². The summed E-state index contributed by atoms with van der Waals surface area (Å²) in [4.78, 5) is 25.2. The lowest BCUT2D eigenvalue weighted by molar-refractivity contribution is -0.142. The first-order valence-corrected chi connectivity index (χ1v) is 8.87. The average Bonchev–Trinajstić information content (AvgIpc) is 2.86. The predicted octanol–water partition coefficient (Wildman–Crippen LogP) is 4.04. The summed E-state index contributed by atoms with van der Waals surface area (Å²) in [5, 5.41) is 0. The lowest BCUT2D eigenvalue weighted by Crippen LogP contribution is -2.54. The molecule has 0 aromatic carbocycles. The van der Waals surface area contributed by atoms with Gasteiger partial charge in [0.1, 0.15) is 12.5 Å². The van der Waals surface area contributed by atoms with Crippen molar-refractivity contribution in [1.82, 2.24) is 0 Å². The zero-order valence-electron chi connectivity index (χ0n) is 13.4. The minimum Gasteiger partial charge on any atom is -0.299 e. The van der Waals surface area contributed by atoms with Crippen molar-refractivity contribution in [3.63, 3.8) is 0 Å². The van der Waals surface area contributed by atoms with Gasteiger partial charge < -0.3 is 0 Å². The highest BCUT2D eigenvalue weighted by atomic mass is 19.1. The van der Waals surface area contributed by atoms with Crippen LogP contribution < -0.4 is 0 Å². The molecule has 3 saturated carbocycles. The van der Waals surface area contributed by atoms with Crippen molar-refractivity contribution in [2.75, 3.05) is 6.67 Å². The van der Waals surface area contributed by atoms with Crippen LogP contribution in [0.1, 0.15) is 58.3 Å². The summed E-state index contributed by atoms with van der Waals surface area (Å²) in [5.74, 6) is 0.443. The Morgan fingerprint density at radius 3 is 2.73 bits per heavy atom. The lowest BCUT2D eigenvalue weighted by Gasteiger charge is -2.55.